The van der Waals surface area contributed by atoms with Gasteiger partial charge >= 0.3 is 11.9 Å². The van der Waals surface area contributed by atoms with Gasteiger partial charge in [-0.3, -0.25) is 19.2 Å². The van der Waals surface area contributed by atoms with E-state index < -0.39 is 73.5 Å². The van der Waals surface area contributed by atoms with Crippen LogP contribution in [0.5, 0.6) is 0 Å². The maximum absolute atomic E-state index is 12.7. The minimum Gasteiger partial charge on any atom is -0.481 e. The monoisotopic (exact) mass is 458 g/mol. The van der Waals surface area contributed by atoms with Crippen LogP contribution in [-0.4, -0.2) is 97.4 Å². The predicted octanol–water partition coefficient (Wildman–Crippen LogP) is -4.33. The van der Waals surface area contributed by atoms with Crippen LogP contribution in [0.3, 0.4) is 0 Å². The third kappa shape index (κ3) is 8.66. The van der Waals surface area contributed by atoms with Crippen LogP contribution in [0, 0.1) is 0 Å². The Balaban J connectivity index is 3.03. The highest BCUT2D eigenvalue weighted by molar-refractivity contribution is 5.94. The number of rotatable bonds is 14. The first-order valence-corrected chi connectivity index (χ1v) is 9.39. The van der Waals surface area contributed by atoms with E-state index in [-0.39, 0.29) is 12.8 Å². The van der Waals surface area contributed by atoms with E-state index in [0.717, 1.165) is 0 Å². The SMILES string of the molecule is NC(CO)C(=O)NC(CCC(=O)O)C(=O)NC(Cc1cnc[nH]1)C(=O)NC(CO)C(=O)O. The summed E-state index contributed by atoms with van der Waals surface area (Å²) in [4.78, 5) is 65.7. The lowest BCUT2D eigenvalue weighted by atomic mass is 10.1. The molecule has 3 amide bonds. The number of imidazole rings is 1. The van der Waals surface area contributed by atoms with Crippen LogP contribution in [-0.2, 0) is 30.4 Å². The van der Waals surface area contributed by atoms with Gasteiger partial charge in [-0.1, -0.05) is 0 Å². The largest absolute Gasteiger partial charge is 0.481 e. The number of aliphatic hydroxyl groups is 2. The second-order valence-electron chi connectivity index (χ2n) is 6.71. The molecule has 0 spiro atoms. The molecule has 1 heterocycles. The van der Waals surface area contributed by atoms with Gasteiger partial charge in [0.05, 0.1) is 19.5 Å². The molecule has 32 heavy (non-hydrogen) atoms. The number of carboxylic acids is 2. The summed E-state index contributed by atoms with van der Waals surface area (Å²) in [6, 6.07) is -5.78. The molecule has 0 saturated heterocycles. The van der Waals surface area contributed by atoms with Crippen molar-refractivity contribution in [2.45, 2.75) is 43.4 Å². The fourth-order valence-corrected chi connectivity index (χ4v) is 2.45. The van der Waals surface area contributed by atoms with Crippen LogP contribution in [0.15, 0.2) is 12.5 Å². The number of nitrogens with zero attached hydrogens (tertiary/aromatic N) is 1. The Morgan fingerprint density at radius 1 is 0.938 bits per heavy atom. The van der Waals surface area contributed by atoms with Gasteiger partial charge in [0.15, 0.2) is 0 Å². The number of amides is 3. The van der Waals surface area contributed by atoms with E-state index in [2.05, 4.69) is 25.9 Å². The predicted molar refractivity (Wildman–Crippen MR) is 105 cm³/mol. The van der Waals surface area contributed by atoms with Gasteiger partial charge in [-0.2, -0.15) is 0 Å². The summed E-state index contributed by atoms with van der Waals surface area (Å²) in [5.74, 6) is -5.57. The van der Waals surface area contributed by atoms with Crippen molar-refractivity contribution in [3.8, 4) is 0 Å². The fourth-order valence-electron chi connectivity index (χ4n) is 2.45. The summed E-state index contributed by atoms with van der Waals surface area (Å²) in [5.41, 5.74) is 5.79. The minimum absolute atomic E-state index is 0.162. The van der Waals surface area contributed by atoms with Crippen LogP contribution in [0.2, 0.25) is 0 Å². The van der Waals surface area contributed by atoms with Gasteiger partial charge in [0.25, 0.3) is 0 Å². The molecule has 1 aromatic rings. The second-order valence-corrected chi connectivity index (χ2v) is 6.71. The van der Waals surface area contributed by atoms with Crippen LogP contribution < -0.4 is 21.7 Å². The second kappa shape index (κ2) is 13.0. The lowest BCUT2D eigenvalue weighted by Gasteiger charge is -2.24. The molecule has 1 rings (SSSR count). The topological polar surface area (TPSA) is 257 Å². The number of carboxylic acid groups (broad SMARTS) is 2. The van der Waals surface area contributed by atoms with Crippen molar-refractivity contribution in [1.82, 2.24) is 25.9 Å². The molecule has 15 heteroatoms. The van der Waals surface area contributed by atoms with Crippen LogP contribution in [0.1, 0.15) is 18.5 Å². The van der Waals surface area contributed by atoms with E-state index in [4.69, 9.17) is 26.2 Å². The van der Waals surface area contributed by atoms with Crippen molar-refractivity contribution in [2.24, 2.45) is 5.73 Å². The van der Waals surface area contributed by atoms with Gasteiger partial charge in [0.2, 0.25) is 17.7 Å². The summed E-state index contributed by atoms with van der Waals surface area (Å²) in [6.07, 6.45) is 1.65. The molecule has 0 saturated carbocycles. The zero-order valence-corrected chi connectivity index (χ0v) is 16.9. The number of carbonyl (C=O) groups excluding carboxylic acids is 3. The van der Waals surface area contributed by atoms with Crippen LogP contribution in [0.4, 0.5) is 0 Å². The van der Waals surface area contributed by atoms with E-state index >= 15 is 0 Å². The lowest BCUT2D eigenvalue weighted by molar-refractivity contribution is -0.143. The molecular formula is C17H26N6O9. The van der Waals surface area contributed by atoms with E-state index in [1.54, 1.807) is 0 Å². The molecule has 178 valence electrons. The van der Waals surface area contributed by atoms with Gasteiger partial charge in [0.1, 0.15) is 24.2 Å². The number of hydrogen-bond donors (Lipinski definition) is 9. The molecule has 0 aliphatic rings. The summed E-state index contributed by atoms with van der Waals surface area (Å²) >= 11 is 0. The Hall–Kier alpha value is -3.56. The van der Waals surface area contributed by atoms with Crippen molar-refractivity contribution in [3.63, 3.8) is 0 Å². The molecule has 0 radical (unpaired) electrons. The number of aliphatic hydroxyl groups excluding tert-OH is 2. The number of H-pyrrole nitrogens is 1. The highest BCUT2D eigenvalue weighted by atomic mass is 16.4. The third-order valence-corrected chi connectivity index (χ3v) is 4.22. The molecule has 0 aliphatic carbocycles. The first-order chi connectivity index (χ1) is 15.1. The molecule has 10 N–H and O–H groups in total. The Labute approximate surface area is 181 Å². The first-order valence-electron chi connectivity index (χ1n) is 9.39. The molecule has 0 aromatic carbocycles. The Morgan fingerprint density at radius 3 is 2.03 bits per heavy atom. The average Bonchev–Trinajstić information content (AvgIpc) is 3.25. The molecule has 1 aromatic heterocycles. The number of hydrogen-bond acceptors (Lipinski definition) is 9. The van der Waals surface area contributed by atoms with Crippen molar-refractivity contribution < 1.29 is 44.4 Å². The normalized spacial score (nSPS) is 14.5. The Kier molecular flexibility index (Phi) is 10.7. The molecular weight excluding hydrogens is 432 g/mol. The Bertz CT molecular complexity index is 800. The van der Waals surface area contributed by atoms with Crippen LogP contribution >= 0.6 is 0 Å². The molecule has 0 bridgehead atoms. The molecule has 4 unspecified atom stereocenters. The van der Waals surface area contributed by atoms with E-state index in [9.17, 15) is 24.0 Å². The van der Waals surface area contributed by atoms with Gasteiger partial charge in [-0.25, -0.2) is 9.78 Å². The number of carbonyl (C=O) groups is 5. The zero-order chi connectivity index (χ0) is 24.3. The van der Waals surface area contributed by atoms with Gasteiger partial charge < -0.3 is 47.1 Å². The molecule has 15 nitrogen and oxygen atoms in total. The fraction of sp³-hybridized carbons (Fsp3) is 0.529. The number of aromatic amines is 1. The first kappa shape index (κ1) is 26.5. The van der Waals surface area contributed by atoms with Gasteiger partial charge in [-0.15, -0.1) is 0 Å². The van der Waals surface area contributed by atoms with Crippen molar-refractivity contribution in [3.05, 3.63) is 18.2 Å². The van der Waals surface area contributed by atoms with E-state index in [0.29, 0.717) is 5.69 Å². The van der Waals surface area contributed by atoms with Gasteiger partial charge in [0, 0.05) is 24.7 Å². The summed E-state index contributed by atoms with van der Waals surface area (Å²) in [5, 5.41) is 42.6. The van der Waals surface area contributed by atoms with Crippen molar-refractivity contribution in [1.29, 1.82) is 0 Å². The van der Waals surface area contributed by atoms with Gasteiger partial charge in [-0.05, 0) is 6.42 Å². The smallest absolute Gasteiger partial charge is 0.328 e. The van der Waals surface area contributed by atoms with Crippen molar-refractivity contribution in [2.75, 3.05) is 13.2 Å². The summed E-state index contributed by atoms with van der Waals surface area (Å²) < 4.78 is 0. The number of nitrogens with two attached hydrogens (primary N) is 1. The molecule has 0 aliphatic heterocycles. The zero-order valence-electron chi connectivity index (χ0n) is 16.9. The summed E-state index contributed by atoms with van der Waals surface area (Å²) in [6.45, 7) is -1.62. The summed E-state index contributed by atoms with van der Waals surface area (Å²) in [7, 11) is 0. The molecule has 0 fully saturated rings. The van der Waals surface area contributed by atoms with E-state index in [1.807, 2.05) is 0 Å². The van der Waals surface area contributed by atoms with E-state index in [1.165, 1.54) is 12.5 Å². The Morgan fingerprint density at radius 2 is 1.53 bits per heavy atom. The quantitative estimate of drug-likeness (QED) is 0.129. The number of aromatic nitrogens is 2. The maximum Gasteiger partial charge on any atom is 0.328 e. The third-order valence-electron chi connectivity index (χ3n) is 4.22. The highest BCUT2D eigenvalue weighted by Gasteiger charge is 2.30. The number of nitrogens with one attached hydrogen (secondary N) is 4. The standard InChI is InChI=1S/C17H26N6O9/c18-9(5-24)14(28)21-10(1-2-13(26)27)15(29)22-11(3-8-4-19-7-20-8)16(30)23-12(6-25)17(31)32/h4,7,9-12,24-25H,1-3,5-6,18H2,(H,19,20)(H,21,28)(H,22,29)(H,23,30)(H,26,27)(H,31,32). The highest BCUT2D eigenvalue weighted by Crippen LogP contribution is 2.04. The average molecular weight is 458 g/mol. The number of aliphatic carboxylic acids is 2. The molecule has 4 atom stereocenters. The minimum atomic E-state index is -1.63. The maximum atomic E-state index is 12.7. The van der Waals surface area contributed by atoms with Crippen LogP contribution in [0.25, 0.3) is 0 Å². The van der Waals surface area contributed by atoms with Crippen molar-refractivity contribution >= 4 is 29.7 Å². The lowest BCUT2D eigenvalue weighted by Crippen LogP contribution is -2.58.